The molecule has 0 bridgehead atoms. The van der Waals surface area contributed by atoms with E-state index in [4.69, 9.17) is 4.74 Å². The summed E-state index contributed by atoms with van der Waals surface area (Å²) in [5.41, 5.74) is 0.265. The monoisotopic (exact) mass is 422 g/mol. The first-order valence-corrected chi connectivity index (χ1v) is 9.24. The van der Waals surface area contributed by atoms with Gasteiger partial charge in [-0.15, -0.1) is 0 Å². The van der Waals surface area contributed by atoms with Crippen LogP contribution in [-0.4, -0.2) is 42.0 Å². The molecular weight excluding hydrogens is 408 g/mol. The third-order valence-corrected chi connectivity index (χ3v) is 5.34. The van der Waals surface area contributed by atoms with Crippen molar-refractivity contribution in [3.05, 3.63) is 62.6 Å². The van der Waals surface area contributed by atoms with E-state index in [1.807, 2.05) is 24.3 Å². The Morgan fingerprint density at radius 3 is 2.48 bits per heavy atom. The van der Waals surface area contributed by atoms with E-state index in [0.29, 0.717) is 36.8 Å². The van der Waals surface area contributed by atoms with Gasteiger partial charge in [-0.2, -0.15) is 0 Å². The minimum atomic E-state index is -0.447. The summed E-state index contributed by atoms with van der Waals surface area (Å²) in [6.07, 6.45) is 0. The molecule has 1 saturated heterocycles. The number of nitrogens with zero attached hydrogens (tertiary/aromatic N) is 2. The number of benzene rings is 2. The van der Waals surface area contributed by atoms with Crippen molar-refractivity contribution in [1.29, 1.82) is 0 Å². The normalized spacial score (nSPS) is 14.4. The molecule has 2 aromatic carbocycles. The minimum absolute atomic E-state index is 0.0629. The van der Waals surface area contributed by atoms with Gasteiger partial charge in [-0.25, -0.2) is 0 Å². The van der Waals surface area contributed by atoms with Crippen LogP contribution in [0, 0.1) is 10.1 Å². The Kier molecular flexibility index (Phi) is 5.72. The molecule has 6 nitrogen and oxygen atoms in total. The second kappa shape index (κ2) is 7.99. The summed E-state index contributed by atoms with van der Waals surface area (Å²) in [6, 6.07) is 12.2. The molecule has 0 radical (unpaired) electrons. The zero-order valence-corrected chi connectivity index (χ0v) is 15.6. The van der Waals surface area contributed by atoms with E-state index in [1.54, 1.807) is 17.0 Å². The molecule has 2 aromatic rings. The first kappa shape index (κ1) is 17.9. The maximum atomic E-state index is 12.5. The van der Waals surface area contributed by atoms with Crippen LogP contribution in [0.25, 0.3) is 0 Å². The molecule has 1 aliphatic heterocycles. The number of amides is 1. The number of rotatable bonds is 4. The smallest absolute Gasteiger partial charge is 0.284 e. The Morgan fingerprint density at radius 2 is 1.84 bits per heavy atom. The highest BCUT2D eigenvalue weighted by atomic mass is 79.9. The molecule has 0 aliphatic carbocycles. The van der Waals surface area contributed by atoms with Crippen LogP contribution in [0.1, 0.15) is 10.4 Å². The largest absolute Gasteiger partial charge is 0.378 e. The standard InChI is InChI=1S/C17H15BrN2O4S/c18-13-2-4-14(5-3-13)25-16-6-1-12(11-15(16)20(22)23)17(21)19-7-9-24-10-8-19/h1-6,11H,7-10H2. The summed E-state index contributed by atoms with van der Waals surface area (Å²) in [5.74, 6) is -0.202. The average Bonchev–Trinajstić information content (AvgIpc) is 2.64. The Hall–Kier alpha value is -1.90. The minimum Gasteiger partial charge on any atom is -0.378 e. The number of hydrogen-bond donors (Lipinski definition) is 0. The number of hydrogen-bond acceptors (Lipinski definition) is 5. The quantitative estimate of drug-likeness (QED) is 0.550. The van der Waals surface area contributed by atoms with Crippen LogP contribution in [0.3, 0.4) is 0 Å². The molecule has 0 aromatic heterocycles. The van der Waals surface area contributed by atoms with Crippen molar-refractivity contribution in [2.45, 2.75) is 9.79 Å². The molecule has 8 heteroatoms. The lowest BCUT2D eigenvalue weighted by molar-refractivity contribution is -0.387. The van der Waals surface area contributed by atoms with Crippen LogP contribution >= 0.6 is 27.7 Å². The van der Waals surface area contributed by atoms with Gasteiger partial charge in [0.25, 0.3) is 11.6 Å². The lowest BCUT2D eigenvalue weighted by Crippen LogP contribution is -2.40. The maximum Gasteiger partial charge on any atom is 0.284 e. The van der Waals surface area contributed by atoms with Crippen LogP contribution in [0.4, 0.5) is 5.69 Å². The number of carbonyl (C=O) groups excluding carboxylic acids is 1. The fourth-order valence-electron chi connectivity index (χ4n) is 2.46. The van der Waals surface area contributed by atoms with Gasteiger partial charge in [0.05, 0.1) is 23.0 Å². The fraction of sp³-hybridized carbons (Fsp3) is 0.235. The summed E-state index contributed by atoms with van der Waals surface area (Å²) >= 11 is 4.66. The van der Waals surface area contributed by atoms with Gasteiger partial charge in [0, 0.05) is 34.1 Å². The lowest BCUT2D eigenvalue weighted by Gasteiger charge is -2.26. The van der Waals surface area contributed by atoms with E-state index in [9.17, 15) is 14.9 Å². The Balaban J connectivity index is 1.86. The van der Waals surface area contributed by atoms with Gasteiger partial charge in [0.1, 0.15) is 0 Å². The topological polar surface area (TPSA) is 72.7 Å². The molecule has 130 valence electrons. The predicted molar refractivity (Wildman–Crippen MR) is 98.1 cm³/mol. The van der Waals surface area contributed by atoms with Gasteiger partial charge in [-0.1, -0.05) is 27.7 Å². The first-order chi connectivity index (χ1) is 12.0. The number of carbonyl (C=O) groups is 1. The molecule has 0 N–H and O–H groups in total. The number of nitro benzene ring substituents is 1. The van der Waals surface area contributed by atoms with Crippen LogP contribution in [0.5, 0.6) is 0 Å². The van der Waals surface area contributed by atoms with Crippen molar-refractivity contribution in [2.75, 3.05) is 26.3 Å². The van der Waals surface area contributed by atoms with E-state index in [2.05, 4.69) is 15.9 Å². The molecule has 0 atom stereocenters. The van der Waals surface area contributed by atoms with Gasteiger partial charge in [0.2, 0.25) is 0 Å². The zero-order valence-electron chi connectivity index (χ0n) is 13.2. The maximum absolute atomic E-state index is 12.5. The highest BCUT2D eigenvalue weighted by Crippen LogP contribution is 2.36. The number of morpholine rings is 1. The van der Waals surface area contributed by atoms with Crippen LogP contribution in [0.15, 0.2) is 56.7 Å². The van der Waals surface area contributed by atoms with Crippen molar-refractivity contribution >= 4 is 39.3 Å². The van der Waals surface area contributed by atoms with E-state index >= 15 is 0 Å². The molecule has 1 aliphatic rings. The molecule has 3 rings (SSSR count). The van der Waals surface area contributed by atoms with Gasteiger partial charge in [0.15, 0.2) is 0 Å². The summed E-state index contributed by atoms with van der Waals surface area (Å²) in [4.78, 5) is 26.6. The lowest BCUT2D eigenvalue weighted by atomic mass is 10.1. The SMILES string of the molecule is O=C(c1ccc(Sc2ccc(Br)cc2)c([N+](=O)[O-])c1)N1CCOCC1. The van der Waals surface area contributed by atoms with Gasteiger partial charge in [-0.3, -0.25) is 14.9 Å². The third kappa shape index (κ3) is 4.39. The highest BCUT2D eigenvalue weighted by Gasteiger charge is 2.23. The van der Waals surface area contributed by atoms with Crippen molar-refractivity contribution < 1.29 is 14.5 Å². The van der Waals surface area contributed by atoms with Crippen molar-refractivity contribution in [3.63, 3.8) is 0 Å². The third-order valence-electron chi connectivity index (χ3n) is 3.74. The van der Waals surface area contributed by atoms with Crippen LogP contribution in [0.2, 0.25) is 0 Å². The highest BCUT2D eigenvalue weighted by molar-refractivity contribution is 9.10. The van der Waals surface area contributed by atoms with Gasteiger partial charge < -0.3 is 9.64 Å². The Bertz CT molecular complexity index is 792. The Labute approximate surface area is 157 Å². The van der Waals surface area contributed by atoms with Crippen LogP contribution in [-0.2, 0) is 4.74 Å². The van der Waals surface area contributed by atoms with Gasteiger partial charge in [-0.05, 0) is 36.4 Å². The summed E-state index contributed by atoms with van der Waals surface area (Å²) in [6.45, 7) is 1.99. The predicted octanol–water partition coefficient (Wildman–Crippen LogP) is 3.98. The second-order valence-corrected chi connectivity index (χ2v) is 7.43. The van der Waals surface area contributed by atoms with Crippen molar-refractivity contribution in [2.24, 2.45) is 0 Å². The van der Waals surface area contributed by atoms with Crippen molar-refractivity contribution in [1.82, 2.24) is 4.90 Å². The van der Waals surface area contributed by atoms with E-state index < -0.39 is 4.92 Å². The zero-order chi connectivity index (χ0) is 17.8. The molecule has 1 heterocycles. The van der Waals surface area contributed by atoms with E-state index in [-0.39, 0.29) is 11.6 Å². The summed E-state index contributed by atoms with van der Waals surface area (Å²) < 4.78 is 6.18. The number of ether oxygens (including phenoxy) is 1. The summed E-state index contributed by atoms with van der Waals surface area (Å²) in [7, 11) is 0. The molecule has 25 heavy (non-hydrogen) atoms. The number of halogens is 1. The fourth-order valence-corrected chi connectivity index (χ4v) is 3.62. The molecule has 0 unspecified atom stereocenters. The van der Waals surface area contributed by atoms with E-state index in [0.717, 1.165) is 9.37 Å². The Morgan fingerprint density at radius 1 is 1.16 bits per heavy atom. The molecular formula is C17H15BrN2O4S. The number of nitro groups is 1. The molecule has 1 amide bonds. The molecule has 0 spiro atoms. The molecule has 1 fully saturated rings. The van der Waals surface area contributed by atoms with Crippen molar-refractivity contribution in [3.8, 4) is 0 Å². The second-order valence-electron chi connectivity index (χ2n) is 5.40. The van der Waals surface area contributed by atoms with Gasteiger partial charge >= 0.3 is 0 Å². The van der Waals surface area contributed by atoms with Crippen LogP contribution < -0.4 is 0 Å². The summed E-state index contributed by atoms with van der Waals surface area (Å²) in [5, 5.41) is 11.5. The van der Waals surface area contributed by atoms with E-state index in [1.165, 1.54) is 17.8 Å². The average molecular weight is 423 g/mol. The first-order valence-electron chi connectivity index (χ1n) is 7.63. The molecule has 0 saturated carbocycles.